The predicted octanol–water partition coefficient (Wildman–Crippen LogP) is 2.61. The third-order valence-electron chi connectivity index (χ3n) is 4.79. The molecule has 0 saturated heterocycles. The fourth-order valence-corrected chi connectivity index (χ4v) is 3.24. The summed E-state index contributed by atoms with van der Waals surface area (Å²) in [6.07, 6.45) is 1.64. The van der Waals surface area contributed by atoms with Crippen LogP contribution in [0.5, 0.6) is 0 Å². The molecule has 0 saturated carbocycles. The van der Waals surface area contributed by atoms with Gasteiger partial charge in [-0.1, -0.05) is 13.8 Å². The number of nitrogens with zero attached hydrogens (tertiary/aromatic N) is 3. The summed E-state index contributed by atoms with van der Waals surface area (Å²) >= 11 is 0. The zero-order valence-corrected chi connectivity index (χ0v) is 19.5. The second-order valence-corrected chi connectivity index (χ2v) is 9.77. The van der Waals surface area contributed by atoms with E-state index in [1.807, 2.05) is 13.8 Å². The molecule has 0 aliphatic carbocycles. The molecule has 0 aliphatic rings. The number of aliphatic hydroxyl groups is 1. The number of aliphatic carboxylic acids is 1. The Hall–Kier alpha value is -3.18. The first-order valence-electron chi connectivity index (χ1n) is 10.0. The summed E-state index contributed by atoms with van der Waals surface area (Å²) in [4.78, 5) is 31.8. The summed E-state index contributed by atoms with van der Waals surface area (Å²) in [5.41, 5.74) is 1.69. The van der Waals surface area contributed by atoms with Gasteiger partial charge >= 0.3 is 5.97 Å². The number of halogens is 1. The standard InChI is InChI=1S/C22H26FN3O6S/c1-13(2)19-17(11-9-16(27)10-12-18(28)21(29)30)20(14-5-7-15(23)8-6-14)25-22(24-19)26(3)33(4,31)32/h5-9,11,13,18,28H,10,12H2,1-4H3,(H,29,30). The number of carbonyl (C=O) groups excluding carboxylic acids is 1. The van der Waals surface area contributed by atoms with E-state index >= 15 is 0 Å². The minimum atomic E-state index is -3.66. The third kappa shape index (κ3) is 6.90. The van der Waals surface area contributed by atoms with Crippen molar-refractivity contribution in [3.05, 3.63) is 47.4 Å². The highest BCUT2D eigenvalue weighted by atomic mass is 32.2. The van der Waals surface area contributed by atoms with Crippen molar-refractivity contribution in [2.24, 2.45) is 0 Å². The maximum absolute atomic E-state index is 13.5. The van der Waals surface area contributed by atoms with E-state index in [0.717, 1.165) is 10.6 Å². The molecule has 178 valence electrons. The van der Waals surface area contributed by atoms with Crippen molar-refractivity contribution < 1.29 is 32.6 Å². The Morgan fingerprint density at radius 2 is 1.79 bits per heavy atom. The second-order valence-electron chi connectivity index (χ2n) is 7.76. The first-order valence-corrected chi connectivity index (χ1v) is 11.9. The number of hydrogen-bond acceptors (Lipinski definition) is 7. The Labute approximate surface area is 191 Å². The molecule has 33 heavy (non-hydrogen) atoms. The predicted molar refractivity (Wildman–Crippen MR) is 122 cm³/mol. The molecule has 1 aromatic heterocycles. The molecular weight excluding hydrogens is 453 g/mol. The Morgan fingerprint density at radius 3 is 2.30 bits per heavy atom. The number of carbonyl (C=O) groups is 2. The Balaban J connectivity index is 2.60. The summed E-state index contributed by atoms with van der Waals surface area (Å²) < 4.78 is 38.5. The molecule has 2 N–H and O–H groups in total. The van der Waals surface area contributed by atoms with E-state index in [4.69, 9.17) is 5.11 Å². The molecule has 9 nitrogen and oxygen atoms in total. The first-order chi connectivity index (χ1) is 15.3. The van der Waals surface area contributed by atoms with Gasteiger partial charge in [0.15, 0.2) is 11.9 Å². The molecule has 1 aromatic carbocycles. The molecule has 0 radical (unpaired) electrons. The van der Waals surface area contributed by atoms with Crippen LogP contribution in [0.4, 0.5) is 10.3 Å². The van der Waals surface area contributed by atoms with Gasteiger partial charge in [-0.25, -0.2) is 31.9 Å². The topological polar surface area (TPSA) is 138 Å². The lowest BCUT2D eigenvalue weighted by atomic mass is 9.97. The van der Waals surface area contributed by atoms with Crippen LogP contribution in [0.1, 0.15) is 43.9 Å². The fourth-order valence-electron chi connectivity index (χ4n) is 2.86. The van der Waals surface area contributed by atoms with Gasteiger partial charge in [0, 0.05) is 24.6 Å². The van der Waals surface area contributed by atoms with E-state index in [0.29, 0.717) is 22.5 Å². The van der Waals surface area contributed by atoms with Crippen molar-refractivity contribution in [3.8, 4) is 11.3 Å². The number of allylic oxidation sites excluding steroid dienone is 1. The van der Waals surface area contributed by atoms with Crippen LogP contribution in [0, 0.1) is 5.82 Å². The maximum Gasteiger partial charge on any atom is 0.332 e. The van der Waals surface area contributed by atoms with E-state index in [9.17, 15) is 27.5 Å². The number of sulfonamides is 1. The van der Waals surface area contributed by atoms with Gasteiger partial charge in [-0.05, 0) is 48.8 Å². The zero-order valence-electron chi connectivity index (χ0n) is 18.7. The molecule has 0 fully saturated rings. The van der Waals surface area contributed by atoms with E-state index < -0.39 is 33.7 Å². The van der Waals surface area contributed by atoms with Gasteiger partial charge in [-0.3, -0.25) is 4.79 Å². The van der Waals surface area contributed by atoms with Gasteiger partial charge in [0.05, 0.1) is 17.6 Å². The lowest BCUT2D eigenvalue weighted by Crippen LogP contribution is -2.27. The summed E-state index contributed by atoms with van der Waals surface area (Å²) in [5, 5.41) is 18.1. The average molecular weight is 480 g/mol. The number of benzene rings is 1. The second kappa shape index (κ2) is 10.6. The average Bonchev–Trinajstić information content (AvgIpc) is 2.74. The summed E-state index contributed by atoms with van der Waals surface area (Å²) in [6, 6.07) is 5.43. The number of hydrogen-bond donors (Lipinski definition) is 2. The number of ketones is 1. The van der Waals surface area contributed by atoms with Crippen LogP contribution in [0.2, 0.25) is 0 Å². The van der Waals surface area contributed by atoms with Crippen LogP contribution in [0.15, 0.2) is 30.3 Å². The van der Waals surface area contributed by atoms with Crippen molar-refractivity contribution in [1.29, 1.82) is 0 Å². The van der Waals surface area contributed by atoms with E-state index in [1.165, 1.54) is 43.5 Å². The molecular formula is C22H26FN3O6S. The summed E-state index contributed by atoms with van der Waals surface area (Å²) in [6.45, 7) is 3.67. The number of carboxylic acids is 1. The number of aliphatic hydroxyl groups excluding tert-OH is 1. The zero-order chi connectivity index (χ0) is 24.9. The molecule has 0 amide bonds. The molecule has 1 heterocycles. The molecule has 0 spiro atoms. The van der Waals surface area contributed by atoms with E-state index in [-0.39, 0.29) is 24.7 Å². The fraction of sp³-hybridized carbons (Fsp3) is 0.364. The third-order valence-corrected chi connectivity index (χ3v) is 5.95. The lowest BCUT2D eigenvalue weighted by molar-refractivity contribution is -0.147. The minimum absolute atomic E-state index is 0.0754. The van der Waals surface area contributed by atoms with E-state index in [1.54, 1.807) is 0 Å². The van der Waals surface area contributed by atoms with Gasteiger partial charge < -0.3 is 10.2 Å². The highest BCUT2D eigenvalue weighted by Crippen LogP contribution is 2.31. The van der Waals surface area contributed by atoms with Crippen molar-refractivity contribution in [1.82, 2.24) is 9.97 Å². The van der Waals surface area contributed by atoms with Gasteiger partial charge in [-0.15, -0.1) is 0 Å². The summed E-state index contributed by atoms with van der Waals surface area (Å²) in [7, 11) is -2.35. The van der Waals surface area contributed by atoms with Gasteiger partial charge in [-0.2, -0.15) is 0 Å². The molecule has 2 aromatic rings. The SMILES string of the molecule is CC(C)c1nc(N(C)S(C)(=O)=O)nc(-c2ccc(F)cc2)c1C=CC(=O)CCC(O)C(=O)O. The molecule has 11 heteroatoms. The Kier molecular flexibility index (Phi) is 8.39. The largest absolute Gasteiger partial charge is 0.479 e. The van der Waals surface area contributed by atoms with Crippen molar-refractivity contribution in [3.63, 3.8) is 0 Å². The van der Waals surface area contributed by atoms with E-state index in [2.05, 4.69) is 9.97 Å². The smallest absolute Gasteiger partial charge is 0.332 e. The molecule has 0 bridgehead atoms. The highest BCUT2D eigenvalue weighted by Gasteiger charge is 2.22. The van der Waals surface area contributed by atoms with Gasteiger partial charge in [0.1, 0.15) is 5.82 Å². The number of aromatic nitrogens is 2. The van der Waals surface area contributed by atoms with Crippen LogP contribution in [-0.4, -0.2) is 59.8 Å². The van der Waals surface area contributed by atoms with Crippen molar-refractivity contribution in [2.45, 2.75) is 38.7 Å². The van der Waals surface area contributed by atoms with Gasteiger partial charge in [0.2, 0.25) is 16.0 Å². The Morgan fingerprint density at radius 1 is 1.18 bits per heavy atom. The monoisotopic (exact) mass is 479 g/mol. The normalized spacial score (nSPS) is 12.8. The maximum atomic E-state index is 13.5. The lowest BCUT2D eigenvalue weighted by Gasteiger charge is -2.20. The first kappa shape index (κ1) is 26.1. The molecule has 0 aliphatic heterocycles. The molecule has 1 atom stereocenters. The van der Waals surface area contributed by atoms with Crippen molar-refractivity contribution in [2.75, 3.05) is 17.6 Å². The number of rotatable bonds is 10. The van der Waals surface area contributed by atoms with Crippen LogP contribution in [0.25, 0.3) is 17.3 Å². The summed E-state index contributed by atoms with van der Waals surface area (Å²) in [5.74, 6) is -2.57. The van der Waals surface area contributed by atoms with Crippen molar-refractivity contribution >= 4 is 33.8 Å². The molecule has 1 unspecified atom stereocenters. The van der Waals surface area contributed by atoms with Gasteiger partial charge in [0.25, 0.3) is 0 Å². The highest BCUT2D eigenvalue weighted by molar-refractivity contribution is 7.92. The van der Waals surface area contributed by atoms with Crippen LogP contribution in [0.3, 0.4) is 0 Å². The van der Waals surface area contributed by atoms with Crippen LogP contribution < -0.4 is 4.31 Å². The number of anilines is 1. The number of carboxylic acid groups (broad SMARTS) is 1. The minimum Gasteiger partial charge on any atom is -0.479 e. The quantitative estimate of drug-likeness (QED) is 0.496. The van der Waals surface area contributed by atoms with Crippen LogP contribution >= 0.6 is 0 Å². The Bertz CT molecular complexity index is 1160. The van der Waals surface area contributed by atoms with Crippen LogP contribution in [-0.2, 0) is 19.6 Å². The molecule has 2 rings (SSSR count).